The zero-order chi connectivity index (χ0) is 27.5. The lowest BCUT2D eigenvalue weighted by molar-refractivity contribution is 0.0941. The Morgan fingerprint density at radius 1 is 1.10 bits per heavy atom. The van der Waals surface area contributed by atoms with E-state index in [1.807, 2.05) is 31.2 Å². The van der Waals surface area contributed by atoms with Crippen LogP contribution in [0.5, 0.6) is 11.5 Å². The van der Waals surface area contributed by atoms with Gasteiger partial charge in [0.25, 0.3) is 5.91 Å². The molecule has 1 amide bonds. The monoisotopic (exact) mass is 546 g/mol. The Morgan fingerprint density at radius 2 is 1.90 bits per heavy atom. The number of aryl methyl sites for hydroxylation is 1. The van der Waals surface area contributed by atoms with Gasteiger partial charge in [0.15, 0.2) is 17.3 Å². The molecule has 2 aromatic carbocycles. The molecule has 0 aliphatic rings. The number of carbonyl (C=O) groups is 1. The van der Waals surface area contributed by atoms with Gasteiger partial charge in [-0.15, -0.1) is 11.3 Å². The molecule has 0 radical (unpaired) electrons. The van der Waals surface area contributed by atoms with Crippen molar-refractivity contribution in [2.45, 2.75) is 26.4 Å². The molecule has 1 atom stereocenters. The molecule has 3 heterocycles. The van der Waals surface area contributed by atoms with Crippen LogP contribution in [0.15, 0.2) is 54.9 Å². The largest absolute Gasteiger partial charge is 0.493 e. The number of amides is 1. The maximum absolute atomic E-state index is 14.1. The second-order valence-corrected chi connectivity index (χ2v) is 9.95. The van der Waals surface area contributed by atoms with E-state index in [1.165, 1.54) is 18.3 Å². The molecule has 9 nitrogen and oxygen atoms in total. The Balaban J connectivity index is 1.39. The fraction of sp³-hybridized carbons (Fsp3) is 0.214. The van der Waals surface area contributed by atoms with Crippen LogP contribution in [0.1, 0.15) is 39.8 Å². The quantitative estimate of drug-likeness (QED) is 0.219. The number of carbonyl (C=O) groups excluding carboxylic acids is 1. The number of rotatable bonds is 9. The summed E-state index contributed by atoms with van der Waals surface area (Å²) in [5.74, 6) is 1.98. The van der Waals surface area contributed by atoms with Crippen LogP contribution in [0.3, 0.4) is 0 Å². The molecule has 200 valence electrons. The van der Waals surface area contributed by atoms with Crippen LogP contribution < -0.4 is 20.1 Å². The number of ether oxygens (including phenoxy) is 2. The summed E-state index contributed by atoms with van der Waals surface area (Å²) in [5.41, 5.74) is 2.26. The third-order valence-electron chi connectivity index (χ3n) is 6.21. The minimum absolute atomic E-state index is 0.0862. The summed E-state index contributed by atoms with van der Waals surface area (Å²) in [6.07, 6.45) is 3.08. The van der Waals surface area contributed by atoms with Gasteiger partial charge in [-0.1, -0.05) is 6.07 Å². The average molecular weight is 547 g/mol. The van der Waals surface area contributed by atoms with Gasteiger partial charge in [-0.05, 0) is 55.3 Å². The lowest BCUT2D eigenvalue weighted by Crippen LogP contribution is -2.24. The van der Waals surface area contributed by atoms with Crippen molar-refractivity contribution < 1.29 is 18.7 Å². The van der Waals surface area contributed by atoms with Crippen molar-refractivity contribution in [3.63, 3.8) is 0 Å². The molecule has 39 heavy (non-hydrogen) atoms. The number of halogens is 1. The van der Waals surface area contributed by atoms with E-state index < -0.39 is 0 Å². The number of hydrogen-bond acceptors (Lipinski definition) is 8. The number of nitrogens with one attached hydrogen (secondary N) is 3. The topological polar surface area (TPSA) is 114 Å². The fourth-order valence-electron chi connectivity index (χ4n) is 4.29. The van der Waals surface area contributed by atoms with E-state index in [2.05, 4.69) is 37.5 Å². The number of methoxy groups -OCH3 is 2. The number of aromatic nitrogens is 4. The van der Waals surface area contributed by atoms with E-state index in [-0.39, 0.29) is 30.1 Å². The molecule has 0 bridgehead atoms. The first-order valence-electron chi connectivity index (χ1n) is 12.2. The Morgan fingerprint density at radius 3 is 2.64 bits per heavy atom. The van der Waals surface area contributed by atoms with E-state index in [0.717, 1.165) is 26.2 Å². The van der Waals surface area contributed by atoms with Crippen LogP contribution >= 0.6 is 11.3 Å². The lowest BCUT2D eigenvalue weighted by Gasteiger charge is -2.17. The van der Waals surface area contributed by atoms with E-state index >= 15 is 0 Å². The third kappa shape index (κ3) is 5.53. The van der Waals surface area contributed by atoms with Gasteiger partial charge in [0, 0.05) is 40.1 Å². The van der Waals surface area contributed by atoms with Crippen LogP contribution in [0, 0.1) is 12.7 Å². The Kier molecular flexibility index (Phi) is 7.42. The van der Waals surface area contributed by atoms with Crippen molar-refractivity contribution in [3.05, 3.63) is 82.8 Å². The van der Waals surface area contributed by atoms with Gasteiger partial charge < -0.3 is 25.1 Å². The maximum Gasteiger partial charge on any atom is 0.287 e. The van der Waals surface area contributed by atoms with Crippen molar-refractivity contribution in [3.8, 4) is 21.9 Å². The van der Waals surface area contributed by atoms with E-state index in [9.17, 15) is 9.18 Å². The molecule has 5 rings (SSSR count). The number of aromatic amines is 1. The minimum Gasteiger partial charge on any atom is -0.493 e. The average Bonchev–Trinajstić information content (AvgIpc) is 3.64. The van der Waals surface area contributed by atoms with Gasteiger partial charge in [0.1, 0.15) is 17.5 Å². The molecule has 3 N–H and O–H groups in total. The van der Waals surface area contributed by atoms with Crippen LogP contribution in [0.2, 0.25) is 0 Å². The minimum atomic E-state index is -0.370. The van der Waals surface area contributed by atoms with Gasteiger partial charge in [0.05, 0.1) is 25.8 Å². The van der Waals surface area contributed by atoms with Gasteiger partial charge >= 0.3 is 0 Å². The number of imidazole rings is 1. The van der Waals surface area contributed by atoms with Crippen molar-refractivity contribution in [2.24, 2.45) is 0 Å². The zero-order valence-corrected chi connectivity index (χ0v) is 22.6. The highest BCUT2D eigenvalue weighted by molar-refractivity contribution is 7.15. The number of anilines is 1. The van der Waals surface area contributed by atoms with Gasteiger partial charge in [-0.3, -0.25) is 4.79 Å². The van der Waals surface area contributed by atoms with Crippen LogP contribution in [-0.2, 0) is 6.54 Å². The number of thiophene rings is 1. The summed E-state index contributed by atoms with van der Waals surface area (Å²) < 4.78 is 25.0. The van der Waals surface area contributed by atoms with E-state index in [1.54, 1.807) is 37.8 Å². The zero-order valence-electron chi connectivity index (χ0n) is 21.8. The Bertz CT molecular complexity index is 1640. The predicted molar refractivity (Wildman–Crippen MR) is 149 cm³/mol. The standard InChI is InChI=1S/C28H27FN6O3S/c1-15(33-26-20-12-22(37-3)23(38-4)13-21(20)34-16(2)35-26)24-7-8-25(39-24)19-6-5-18(29)11-17(19)14-32-28(36)27-30-9-10-31-27/h5-13,15H,14H2,1-4H3,(H,30,31)(H,32,36)(H,33,34,35). The highest BCUT2D eigenvalue weighted by Crippen LogP contribution is 2.37. The van der Waals surface area contributed by atoms with E-state index in [4.69, 9.17) is 9.47 Å². The summed E-state index contributed by atoms with van der Waals surface area (Å²) >= 11 is 1.58. The van der Waals surface area contributed by atoms with E-state index in [0.29, 0.717) is 28.7 Å². The normalized spacial score (nSPS) is 11.8. The first-order valence-corrected chi connectivity index (χ1v) is 13.0. The fourth-order valence-corrected chi connectivity index (χ4v) is 5.36. The number of H-pyrrole nitrogens is 1. The molecular weight excluding hydrogens is 519 g/mol. The molecule has 3 aromatic heterocycles. The van der Waals surface area contributed by atoms with Crippen LogP contribution in [-0.4, -0.2) is 40.1 Å². The van der Waals surface area contributed by atoms with Gasteiger partial charge in [0.2, 0.25) is 0 Å². The highest BCUT2D eigenvalue weighted by atomic mass is 32.1. The van der Waals surface area contributed by atoms with Crippen molar-refractivity contribution in [1.82, 2.24) is 25.3 Å². The molecule has 0 aliphatic heterocycles. The number of benzene rings is 2. The molecule has 0 spiro atoms. The van der Waals surface area contributed by atoms with Gasteiger partial charge in [-0.2, -0.15) is 0 Å². The molecule has 0 fully saturated rings. The Labute approximate surface area is 228 Å². The molecule has 0 aliphatic carbocycles. The third-order valence-corrected chi connectivity index (χ3v) is 7.51. The number of nitrogens with zero attached hydrogens (tertiary/aromatic N) is 3. The number of hydrogen-bond donors (Lipinski definition) is 3. The smallest absolute Gasteiger partial charge is 0.287 e. The SMILES string of the molecule is COc1cc2nc(C)nc(NC(C)c3ccc(-c4ccc(F)cc4CNC(=O)c4ncc[nH]4)s3)c2cc1OC. The molecule has 0 saturated heterocycles. The van der Waals surface area contributed by atoms with Crippen LogP contribution in [0.25, 0.3) is 21.3 Å². The Hall–Kier alpha value is -4.51. The summed E-state index contributed by atoms with van der Waals surface area (Å²) in [5, 5.41) is 7.13. The number of fused-ring (bicyclic) bond motifs is 1. The summed E-state index contributed by atoms with van der Waals surface area (Å²) in [7, 11) is 3.18. The highest BCUT2D eigenvalue weighted by Gasteiger charge is 2.17. The van der Waals surface area contributed by atoms with Crippen molar-refractivity contribution in [2.75, 3.05) is 19.5 Å². The lowest BCUT2D eigenvalue weighted by atomic mass is 10.1. The molecular formula is C28H27FN6O3S. The summed E-state index contributed by atoms with van der Waals surface area (Å²) in [6, 6.07) is 12.2. The van der Waals surface area contributed by atoms with Crippen LogP contribution in [0.4, 0.5) is 10.2 Å². The summed E-state index contributed by atoms with van der Waals surface area (Å²) in [4.78, 5) is 30.3. The molecule has 1 unspecified atom stereocenters. The molecule has 11 heteroatoms. The predicted octanol–water partition coefficient (Wildman–Crippen LogP) is 5.65. The molecule has 5 aromatic rings. The van der Waals surface area contributed by atoms with Crippen molar-refractivity contribution >= 4 is 34.0 Å². The molecule has 0 saturated carbocycles. The maximum atomic E-state index is 14.1. The first-order chi connectivity index (χ1) is 18.9. The first kappa shape index (κ1) is 26.1. The second kappa shape index (κ2) is 11.1. The van der Waals surface area contributed by atoms with Crippen molar-refractivity contribution in [1.29, 1.82) is 0 Å². The second-order valence-electron chi connectivity index (χ2n) is 8.83. The van der Waals surface area contributed by atoms with Gasteiger partial charge in [-0.25, -0.2) is 19.3 Å². The summed E-state index contributed by atoms with van der Waals surface area (Å²) in [6.45, 7) is 4.05.